The number of Topliss-reactive ketones (excluding diaryl/α,β-unsaturated/α-hetero) is 3. The Balaban J connectivity index is 1.80. The van der Waals surface area contributed by atoms with Gasteiger partial charge in [-0.25, -0.2) is 4.79 Å². The summed E-state index contributed by atoms with van der Waals surface area (Å²) in [6.45, 7) is 6.60. The number of carbonyl (C=O) groups excluding carboxylic acids is 6. The molecule has 0 aromatic heterocycles. The van der Waals surface area contributed by atoms with Gasteiger partial charge in [0.05, 0.1) is 12.1 Å². The van der Waals surface area contributed by atoms with Crippen molar-refractivity contribution in [2.24, 2.45) is 29.0 Å². The number of nitriles is 1. The maximum absolute atomic E-state index is 15.0. The first-order chi connectivity index (χ1) is 32.2. The molecule has 0 radical (unpaired) electrons. The van der Waals surface area contributed by atoms with Gasteiger partial charge in [0.2, 0.25) is 11.8 Å². The number of benzene rings is 3. The third-order valence-corrected chi connectivity index (χ3v) is 12.2. The van der Waals surface area contributed by atoms with Crippen LogP contribution in [0.5, 0.6) is 11.5 Å². The van der Waals surface area contributed by atoms with Crippen LogP contribution >= 0.6 is 0 Å². The van der Waals surface area contributed by atoms with Crippen LogP contribution in [-0.2, 0) is 32.0 Å². The van der Waals surface area contributed by atoms with Gasteiger partial charge in [-0.15, -0.1) is 0 Å². The molecule has 0 aliphatic carbocycles. The summed E-state index contributed by atoms with van der Waals surface area (Å²) >= 11 is 0. The molecular weight excluding hydrogens is 851 g/mol. The highest BCUT2D eigenvalue weighted by Gasteiger charge is 2.36. The molecule has 8 N–H and O–H groups in total. The highest BCUT2D eigenvalue weighted by Crippen LogP contribution is 2.41. The largest absolute Gasteiger partial charge is 0.492 e. The molecule has 1 aliphatic heterocycles. The molecule has 1 aliphatic rings. The van der Waals surface area contributed by atoms with Gasteiger partial charge in [-0.05, 0) is 85.5 Å². The third-order valence-electron chi connectivity index (χ3n) is 12.2. The van der Waals surface area contributed by atoms with E-state index in [2.05, 4.69) is 17.6 Å². The number of hydrogen-bond acceptors (Lipinski definition) is 11. The number of nitrogens with one attached hydrogen (secondary N) is 2. The number of ether oxygens (including phenoxy) is 2. The summed E-state index contributed by atoms with van der Waals surface area (Å²) in [6, 6.07) is 15.4. The molecule has 4 amide bonds. The molecule has 15 nitrogen and oxygen atoms in total. The highest BCUT2D eigenvalue weighted by atomic mass is 16.5. The number of likely N-dealkylation sites (N-methyl/N-ethyl adjacent to an activating group) is 1. The van der Waals surface area contributed by atoms with Gasteiger partial charge in [-0.1, -0.05) is 76.3 Å². The molecule has 15 heteroatoms. The molecule has 1 heterocycles. The van der Waals surface area contributed by atoms with E-state index >= 15 is 0 Å². The zero-order chi connectivity index (χ0) is 48.9. The predicted molar refractivity (Wildman–Crippen MR) is 258 cm³/mol. The van der Waals surface area contributed by atoms with Gasteiger partial charge in [-0.2, -0.15) is 5.26 Å². The Morgan fingerprint density at radius 3 is 2.22 bits per heavy atom. The third kappa shape index (κ3) is 16.0. The van der Waals surface area contributed by atoms with E-state index in [-0.39, 0.29) is 82.9 Å². The Kier molecular flexibility index (Phi) is 22.0. The lowest BCUT2D eigenvalue weighted by Crippen LogP contribution is -2.45. The van der Waals surface area contributed by atoms with Crippen LogP contribution in [-0.4, -0.2) is 86.0 Å². The minimum Gasteiger partial charge on any atom is -0.492 e. The number of nitrogens with zero attached hydrogens (tertiary/aromatic N) is 2. The van der Waals surface area contributed by atoms with Crippen LogP contribution < -0.4 is 37.3 Å². The maximum atomic E-state index is 15.0. The molecule has 0 fully saturated rings. The molecule has 4 bridgehead atoms. The molecule has 3 aromatic rings. The summed E-state index contributed by atoms with van der Waals surface area (Å²) in [6.07, 6.45) is 8.00. The van der Waals surface area contributed by atoms with E-state index in [1.807, 2.05) is 37.3 Å². The second-order valence-electron chi connectivity index (χ2n) is 17.6. The SMILES string of the molecule is CCCCCCCCc1ccc(C(=O)C[C@@H](CCCNC(N)=O)C(=O)N(C)[C@@H]2C(=O)C[C@@H](C)C(=O)N[C@H](C(=O)CCC#N)Cc3ccc(OCCN)c(c3)-c3cc2ccc3OCCN)c(C)c1. The second-order valence-corrected chi connectivity index (χ2v) is 17.6. The quantitative estimate of drug-likeness (QED) is 0.0448. The van der Waals surface area contributed by atoms with Crippen molar-refractivity contribution in [3.05, 3.63) is 82.4 Å². The Morgan fingerprint density at radius 2 is 1.57 bits per heavy atom. The average molecular weight is 922 g/mol. The van der Waals surface area contributed by atoms with Crippen molar-refractivity contribution in [1.82, 2.24) is 15.5 Å². The van der Waals surface area contributed by atoms with Crippen LogP contribution in [0.1, 0.15) is 130 Å². The predicted octanol–water partition coefficient (Wildman–Crippen LogP) is 6.59. The monoisotopic (exact) mass is 922 g/mol. The van der Waals surface area contributed by atoms with E-state index in [1.165, 1.54) is 37.6 Å². The topological polar surface area (TPSA) is 250 Å². The number of rotatable bonds is 25. The van der Waals surface area contributed by atoms with Gasteiger partial charge in [0.15, 0.2) is 17.3 Å². The lowest BCUT2D eigenvalue weighted by atomic mass is 9.87. The molecule has 67 heavy (non-hydrogen) atoms. The number of carbonyl (C=O) groups is 6. The minimum absolute atomic E-state index is 0.0352. The lowest BCUT2D eigenvalue weighted by molar-refractivity contribution is -0.142. The van der Waals surface area contributed by atoms with Crippen LogP contribution in [0.25, 0.3) is 11.1 Å². The molecule has 3 aromatic carbocycles. The standard InChI is InChI=1S/C52H71N7O8/c1-5-6-7-8-9-10-13-36-16-19-40(34(2)28-36)45(61)33-39(14-12-25-57-52(56)65)51(64)59(4)49-38-18-21-48(67-27-24-55)42(32-38)41-30-37(17-20-47(41)66-26-23-54)31-43(44(60)15-11-22-53)58-50(63)35(3)29-46(49)62/h16-21,28,30,32,35,39,43,49H,5-15,23-27,29,31,33,54-55H2,1-4H3,(H,58,63)(H3,56,57,65)/t35-,39-,43+,49+/m1/s1. The number of urea groups is 1. The van der Waals surface area contributed by atoms with Crippen molar-refractivity contribution < 1.29 is 38.2 Å². The van der Waals surface area contributed by atoms with Crippen LogP contribution in [0, 0.1) is 30.1 Å². The van der Waals surface area contributed by atoms with Gasteiger partial charge in [0.25, 0.3) is 0 Å². The fourth-order valence-electron chi connectivity index (χ4n) is 8.64. The van der Waals surface area contributed by atoms with Crippen LogP contribution in [0.15, 0.2) is 54.6 Å². The van der Waals surface area contributed by atoms with Gasteiger partial charge in [0, 0.05) is 80.9 Å². The summed E-state index contributed by atoms with van der Waals surface area (Å²) in [5, 5.41) is 14.7. The van der Waals surface area contributed by atoms with Crippen LogP contribution in [0.4, 0.5) is 4.79 Å². The molecular formula is C52H71N7O8. The highest BCUT2D eigenvalue weighted by molar-refractivity contribution is 6.01. The van der Waals surface area contributed by atoms with Gasteiger partial charge < -0.3 is 42.2 Å². The summed E-state index contributed by atoms with van der Waals surface area (Å²) in [5.41, 5.74) is 21.7. The number of amides is 4. The molecule has 0 spiro atoms. The zero-order valence-corrected chi connectivity index (χ0v) is 39.8. The Hall–Kier alpha value is -6.11. The summed E-state index contributed by atoms with van der Waals surface area (Å²) in [5.74, 6) is -3.04. The summed E-state index contributed by atoms with van der Waals surface area (Å²) in [4.78, 5) is 84.3. The van der Waals surface area contributed by atoms with Gasteiger partial charge in [-0.3, -0.25) is 24.0 Å². The minimum atomic E-state index is -1.25. The normalized spacial score (nSPS) is 16.5. The number of unbranched alkanes of at least 4 members (excludes halogenated alkanes) is 5. The van der Waals surface area contributed by atoms with Crippen molar-refractivity contribution in [3.63, 3.8) is 0 Å². The van der Waals surface area contributed by atoms with E-state index in [1.54, 1.807) is 37.3 Å². The molecule has 4 atom stereocenters. The van der Waals surface area contributed by atoms with Crippen molar-refractivity contribution in [1.29, 1.82) is 5.26 Å². The molecule has 4 rings (SSSR count). The number of aryl methyl sites for hydroxylation is 2. The summed E-state index contributed by atoms with van der Waals surface area (Å²) in [7, 11) is 1.51. The average Bonchev–Trinajstić information content (AvgIpc) is 3.30. The van der Waals surface area contributed by atoms with E-state index in [4.69, 9.17) is 26.7 Å². The first kappa shape index (κ1) is 53.5. The maximum Gasteiger partial charge on any atom is 0.312 e. The molecule has 0 saturated heterocycles. The Labute approximate surface area is 395 Å². The fourth-order valence-corrected chi connectivity index (χ4v) is 8.64. The van der Waals surface area contributed by atoms with E-state index < -0.39 is 47.5 Å². The number of ketones is 3. The van der Waals surface area contributed by atoms with Gasteiger partial charge in [0.1, 0.15) is 30.8 Å². The number of fused-ring (bicyclic) bond motifs is 5. The second kappa shape index (κ2) is 27.5. The van der Waals surface area contributed by atoms with Gasteiger partial charge >= 0.3 is 6.03 Å². The van der Waals surface area contributed by atoms with Crippen LogP contribution in [0.3, 0.4) is 0 Å². The van der Waals surface area contributed by atoms with Crippen LogP contribution in [0.2, 0.25) is 0 Å². The van der Waals surface area contributed by atoms with Crippen molar-refractivity contribution in [2.75, 3.05) is 39.9 Å². The lowest BCUT2D eigenvalue weighted by Gasteiger charge is -2.32. The fraction of sp³-hybridized carbons (Fsp3) is 0.519. The Bertz CT molecular complexity index is 2220. The first-order valence-electron chi connectivity index (χ1n) is 23.8. The van der Waals surface area contributed by atoms with Crippen molar-refractivity contribution >= 4 is 35.2 Å². The van der Waals surface area contributed by atoms with Crippen molar-refractivity contribution in [3.8, 4) is 28.7 Å². The molecule has 0 saturated carbocycles. The zero-order valence-electron chi connectivity index (χ0n) is 39.8. The first-order valence-corrected chi connectivity index (χ1v) is 23.8. The smallest absolute Gasteiger partial charge is 0.312 e. The Morgan fingerprint density at radius 1 is 0.896 bits per heavy atom. The van der Waals surface area contributed by atoms with E-state index in [0.717, 1.165) is 30.4 Å². The van der Waals surface area contributed by atoms with Crippen molar-refractivity contribution in [2.45, 2.75) is 123 Å². The number of primary amides is 1. The number of nitrogens with two attached hydrogens (primary N) is 3. The summed E-state index contributed by atoms with van der Waals surface area (Å²) < 4.78 is 12.3. The number of hydrogen-bond donors (Lipinski definition) is 5. The molecule has 0 unspecified atom stereocenters. The van der Waals surface area contributed by atoms with E-state index in [9.17, 15) is 34.0 Å². The van der Waals surface area contributed by atoms with E-state index in [0.29, 0.717) is 45.7 Å². The molecule has 362 valence electrons.